The second-order valence-electron chi connectivity index (χ2n) is 5.19. The number of rotatable bonds is 7. The van der Waals surface area contributed by atoms with E-state index in [-0.39, 0.29) is 11.8 Å². The average Bonchev–Trinajstić information content (AvgIpc) is 2.57. The van der Waals surface area contributed by atoms with Gasteiger partial charge in [-0.25, -0.2) is 0 Å². The van der Waals surface area contributed by atoms with Crippen LogP contribution in [0.25, 0.3) is 0 Å². The van der Waals surface area contributed by atoms with Gasteiger partial charge in [0.1, 0.15) is 0 Å². The molecular weight excluding hydrogens is 284 g/mol. The van der Waals surface area contributed by atoms with E-state index < -0.39 is 6.04 Å². The van der Waals surface area contributed by atoms with Crippen molar-refractivity contribution in [3.8, 4) is 17.2 Å². The summed E-state index contributed by atoms with van der Waals surface area (Å²) in [5.74, 6) is 1.43. The second-order valence-corrected chi connectivity index (χ2v) is 5.19. The molecule has 0 spiro atoms. The van der Waals surface area contributed by atoms with E-state index in [2.05, 4.69) is 0 Å². The zero-order valence-electron chi connectivity index (χ0n) is 14.2. The second kappa shape index (κ2) is 7.89. The van der Waals surface area contributed by atoms with Crippen LogP contribution < -0.4 is 24.8 Å². The molecule has 0 aliphatic heterocycles. The number of methoxy groups -OCH3 is 3. The maximum absolute atomic E-state index is 12.5. The van der Waals surface area contributed by atoms with Crippen LogP contribution in [-0.4, -0.2) is 40.3 Å². The Balaban J connectivity index is 3.18. The fraction of sp³-hybridized carbons (Fsp3) is 0.562. The molecule has 0 saturated heterocycles. The van der Waals surface area contributed by atoms with Crippen molar-refractivity contribution in [2.45, 2.75) is 26.3 Å². The van der Waals surface area contributed by atoms with Gasteiger partial charge in [0.2, 0.25) is 11.7 Å². The quantitative estimate of drug-likeness (QED) is 0.834. The smallest absolute Gasteiger partial charge is 0.243 e. The summed E-state index contributed by atoms with van der Waals surface area (Å²) in [6.07, 6.45) is 0.843. The molecule has 0 saturated carbocycles. The maximum Gasteiger partial charge on any atom is 0.243 e. The van der Waals surface area contributed by atoms with Gasteiger partial charge >= 0.3 is 0 Å². The summed E-state index contributed by atoms with van der Waals surface area (Å²) in [6, 6.07) is 2.90. The van der Waals surface area contributed by atoms with E-state index in [0.29, 0.717) is 22.9 Å². The molecule has 6 nitrogen and oxygen atoms in total. The molecule has 2 unspecified atom stereocenters. The van der Waals surface area contributed by atoms with E-state index in [1.807, 2.05) is 13.8 Å². The van der Waals surface area contributed by atoms with Gasteiger partial charge in [-0.15, -0.1) is 0 Å². The van der Waals surface area contributed by atoms with E-state index in [4.69, 9.17) is 19.9 Å². The van der Waals surface area contributed by atoms with Crippen LogP contribution in [0.4, 0.5) is 5.69 Å². The first kappa shape index (κ1) is 18.1. The highest BCUT2D eigenvalue weighted by atomic mass is 16.5. The normalized spacial score (nSPS) is 13.2. The SMILES string of the molecule is CCC(C)C(N)C(=O)N(C)c1cc(OC)c(OC)c(OC)c1. The molecule has 124 valence electrons. The molecule has 0 aliphatic carbocycles. The molecule has 1 aromatic carbocycles. The number of ether oxygens (including phenoxy) is 3. The van der Waals surface area contributed by atoms with Gasteiger partial charge in [-0.2, -0.15) is 0 Å². The van der Waals surface area contributed by atoms with Gasteiger partial charge in [-0.05, 0) is 5.92 Å². The van der Waals surface area contributed by atoms with Crippen molar-refractivity contribution in [1.82, 2.24) is 0 Å². The molecule has 2 N–H and O–H groups in total. The topological polar surface area (TPSA) is 74.0 Å². The molecular formula is C16H26N2O4. The Morgan fingerprint density at radius 3 is 2.05 bits per heavy atom. The third kappa shape index (κ3) is 3.62. The Kier molecular flexibility index (Phi) is 6.49. The number of carbonyl (C=O) groups excluding carboxylic acids is 1. The standard InChI is InChI=1S/C16H26N2O4/c1-7-10(2)14(17)16(19)18(3)11-8-12(20-4)15(22-6)13(9-11)21-5/h8-10,14H,7,17H2,1-6H3. The van der Waals surface area contributed by atoms with Crippen LogP contribution in [-0.2, 0) is 4.79 Å². The maximum atomic E-state index is 12.5. The fourth-order valence-electron chi connectivity index (χ4n) is 2.11. The Labute approximate surface area is 132 Å². The van der Waals surface area contributed by atoms with Crippen LogP contribution in [0.1, 0.15) is 20.3 Å². The molecule has 6 heteroatoms. The van der Waals surface area contributed by atoms with E-state index in [0.717, 1.165) is 6.42 Å². The molecule has 0 radical (unpaired) electrons. The lowest BCUT2D eigenvalue weighted by Gasteiger charge is -2.25. The van der Waals surface area contributed by atoms with Crippen LogP contribution in [0, 0.1) is 5.92 Å². The van der Waals surface area contributed by atoms with Crippen LogP contribution in [0.5, 0.6) is 17.2 Å². The minimum atomic E-state index is -0.547. The van der Waals surface area contributed by atoms with Gasteiger partial charge in [0.25, 0.3) is 0 Å². The summed E-state index contributed by atoms with van der Waals surface area (Å²) in [4.78, 5) is 14.0. The van der Waals surface area contributed by atoms with Crippen LogP contribution in [0.3, 0.4) is 0 Å². The molecule has 0 heterocycles. The lowest BCUT2D eigenvalue weighted by Crippen LogP contribution is -2.45. The highest BCUT2D eigenvalue weighted by Crippen LogP contribution is 2.40. The summed E-state index contributed by atoms with van der Waals surface area (Å²) < 4.78 is 15.9. The van der Waals surface area contributed by atoms with Crippen molar-refractivity contribution in [2.75, 3.05) is 33.3 Å². The van der Waals surface area contributed by atoms with Gasteiger partial charge in [0, 0.05) is 19.2 Å². The van der Waals surface area contributed by atoms with Gasteiger partial charge < -0.3 is 24.8 Å². The number of nitrogens with zero attached hydrogens (tertiary/aromatic N) is 1. The minimum absolute atomic E-state index is 0.108. The third-order valence-electron chi connectivity index (χ3n) is 3.91. The van der Waals surface area contributed by atoms with Gasteiger partial charge in [0.05, 0.1) is 33.1 Å². The van der Waals surface area contributed by atoms with Crippen molar-refractivity contribution in [3.05, 3.63) is 12.1 Å². The Bertz CT molecular complexity index is 494. The van der Waals surface area contributed by atoms with E-state index in [9.17, 15) is 4.79 Å². The summed E-state index contributed by atoms with van der Waals surface area (Å²) in [5.41, 5.74) is 6.67. The summed E-state index contributed by atoms with van der Waals surface area (Å²) in [7, 11) is 6.29. The first-order chi connectivity index (χ1) is 10.4. The predicted octanol–water partition coefficient (Wildman–Crippen LogP) is 2.05. The van der Waals surface area contributed by atoms with Crippen molar-refractivity contribution < 1.29 is 19.0 Å². The van der Waals surface area contributed by atoms with E-state index in [1.165, 1.54) is 26.2 Å². The van der Waals surface area contributed by atoms with Crippen LogP contribution in [0.2, 0.25) is 0 Å². The monoisotopic (exact) mass is 310 g/mol. The van der Waals surface area contributed by atoms with Crippen LogP contribution in [0.15, 0.2) is 12.1 Å². The van der Waals surface area contributed by atoms with Crippen molar-refractivity contribution >= 4 is 11.6 Å². The molecule has 2 atom stereocenters. The van der Waals surface area contributed by atoms with Crippen molar-refractivity contribution in [2.24, 2.45) is 11.7 Å². The summed E-state index contributed by atoms with van der Waals surface area (Å²) in [6.45, 7) is 3.98. The van der Waals surface area contributed by atoms with Crippen molar-refractivity contribution in [1.29, 1.82) is 0 Å². The van der Waals surface area contributed by atoms with E-state index in [1.54, 1.807) is 19.2 Å². The number of benzene rings is 1. The lowest BCUT2D eigenvalue weighted by atomic mass is 9.99. The highest BCUT2D eigenvalue weighted by molar-refractivity contribution is 5.97. The number of amides is 1. The predicted molar refractivity (Wildman–Crippen MR) is 86.9 cm³/mol. The number of nitrogens with two attached hydrogens (primary N) is 1. The van der Waals surface area contributed by atoms with Gasteiger partial charge in [0.15, 0.2) is 11.5 Å². The molecule has 0 bridgehead atoms. The zero-order valence-corrected chi connectivity index (χ0v) is 14.2. The third-order valence-corrected chi connectivity index (χ3v) is 3.91. The first-order valence-electron chi connectivity index (χ1n) is 7.24. The average molecular weight is 310 g/mol. The van der Waals surface area contributed by atoms with Gasteiger partial charge in [-0.1, -0.05) is 20.3 Å². The number of hydrogen-bond acceptors (Lipinski definition) is 5. The molecule has 1 aromatic rings. The molecule has 1 amide bonds. The molecule has 1 rings (SSSR count). The zero-order chi connectivity index (χ0) is 16.9. The number of anilines is 1. The Morgan fingerprint density at radius 2 is 1.68 bits per heavy atom. The Morgan fingerprint density at radius 1 is 1.18 bits per heavy atom. The number of hydrogen-bond donors (Lipinski definition) is 1. The molecule has 0 aliphatic rings. The minimum Gasteiger partial charge on any atom is -0.493 e. The highest BCUT2D eigenvalue weighted by Gasteiger charge is 2.25. The van der Waals surface area contributed by atoms with Gasteiger partial charge in [-0.3, -0.25) is 4.79 Å². The largest absolute Gasteiger partial charge is 0.493 e. The fourth-order valence-corrected chi connectivity index (χ4v) is 2.11. The lowest BCUT2D eigenvalue weighted by molar-refractivity contribution is -0.120. The Hall–Kier alpha value is -1.95. The summed E-state index contributed by atoms with van der Waals surface area (Å²) in [5, 5.41) is 0. The van der Waals surface area contributed by atoms with E-state index >= 15 is 0 Å². The molecule has 22 heavy (non-hydrogen) atoms. The number of likely N-dealkylation sites (N-methyl/N-ethyl adjacent to an activating group) is 1. The van der Waals surface area contributed by atoms with Crippen molar-refractivity contribution in [3.63, 3.8) is 0 Å². The van der Waals surface area contributed by atoms with Crippen LogP contribution >= 0.6 is 0 Å². The summed E-state index contributed by atoms with van der Waals surface area (Å²) >= 11 is 0. The molecule has 0 aromatic heterocycles. The first-order valence-corrected chi connectivity index (χ1v) is 7.24. The molecule has 0 fully saturated rings. The number of carbonyl (C=O) groups is 1.